The fourth-order valence-corrected chi connectivity index (χ4v) is 4.99. The third kappa shape index (κ3) is 3.14. The molecule has 9 heteroatoms. The lowest BCUT2D eigenvalue weighted by atomic mass is 10.0. The lowest BCUT2D eigenvalue weighted by Crippen LogP contribution is -2.49. The minimum absolute atomic E-state index is 0.0908. The molecule has 0 bridgehead atoms. The zero-order chi connectivity index (χ0) is 19.1. The first-order valence-corrected chi connectivity index (χ1v) is 10.4. The Morgan fingerprint density at radius 3 is 3.04 bits per heavy atom. The van der Waals surface area contributed by atoms with Crippen LogP contribution in [0.2, 0.25) is 0 Å². The van der Waals surface area contributed by atoms with Crippen molar-refractivity contribution >= 4 is 28.8 Å². The topological polar surface area (TPSA) is 75.9 Å². The van der Waals surface area contributed by atoms with Gasteiger partial charge in [0.25, 0.3) is 5.78 Å². The molecule has 1 fully saturated rings. The number of nitrogens with zero attached hydrogens (tertiary/aromatic N) is 6. The van der Waals surface area contributed by atoms with Crippen molar-refractivity contribution in [1.82, 2.24) is 24.5 Å². The summed E-state index contributed by atoms with van der Waals surface area (Å²) in [6.45, 7) is 5.58. The van der Waals surface area contributed by atoms with E-state index in [4.69, 9.17) is 4.74 Å². The molecule has 1 saturated heterocycles. The largest absolute Gasteiger partial charge is 0.372 e. The Morgan fingerprint density at radius 2 is 2.18 bits per heavy atom. The van der Waals surface area contributed by atoms with Gasteiger partial charge in [0.05, 0.1) is 13.0 Å². The van der Waals surface area contributed by atoms with Crippen molar-refractivity contribution in [2.45, 2.75) is 25.9 Å². The van der Waals surface area contributed by atoms with E-state index in [1.165, 1.54) is 16.8 Å². The van der Waals surface area contributed by atoms with Crippen LogP contribution in [0.4, 0.5) is 5.82 Å². The van der Waals surface area contributed by atoms with Gasteiger partial charge in [-0.1, -0.05) is 0 Å². The number of carbonyl (C=O) groups excluding carboxylic acids is 1. The van der Waals surface area contributed by atoms with Gasteiger partial charge in [-0.3, -0.25) is 4.79 Å². The Balaban J connectivity index is 1.25. The first-order valence-electron chi connectivity index (χ1n) is 9.57. The molecule has 0 N–H and O–H groups in total. The van der Waals surface area contributed by atoms with Crippen LogP contribution in [0.3, 0.4) is 0 Å². The Kier molecular flexibility index (Phi) is 4.48. The van der Waals surface area contributed by atoms with Gasteiger partial charge in [-0.25, -0.2) is 4.98 Å². The number of hydrogen-bond acceptors (Lipinski definition) is 7. The maximum absolute atomic E-state index is 12.9. The molecule has 8 nitrogen and oxygen atoms in total. The Labute approximate surface area is 166 Å². The summed E-state index contributed by atoms with van der Waals surface area (Å²) in [5, 5.41) is 6.38. The highest BCUT2D eigenvalue weighted by Crippen LogP contribution is 2.34. The van der Waals surface area contributed by atoms with Crippen molar-refractivity contribution in [1.29, 1.82) is 0 Å². The quantitative estimate of drug-likeness (QED) is 0.670. The molecule has 0 radical (unpaired) electrons. The summed E-state index contributed by atoms with van der Waals surface area (Å²) in [5.41, 5.74) is 2.25. The Bertz CT molecular complexity index is 1010. The number of carbonyl (C=O) groups is 1. The fraction of sp³-hybridized carbons (Fsp3) is 0.474. The number of amides is 1. The fourth-order valence-electron chi connectivity index (χ4n) is 3.98. The van der Waals surface area contributed by atoms with E-state index in [1.807, 2.05) is 17.9 Å². The second-order valence-electron chi connectivity index (χ2n) is 7.22. The molecule has 0 aliphatic carbocycles. The van der Waals surface area contributed by atoms with E-state index in [0.29, 0.717) is 31.9 Å². The van der Waals surface area contributed by atoms with E-state index in [1.54, 1.807) is 15.9 Å². The van der Waals surface area contributed by atoms with Crippen molar-refractivity contribution in [3.63, 3.8) is 0 Å². The number of thiophene rings is 1. The highest BCUT2D eigenvalue weighted by molar-refractivity contribution is 7.10. The predicted molar refractivity (Wildman–Crippen MR) is 106 cm³/mol. The standard InChI is InChI=1S/C19H22N6O2S/c1-13-10-16(25-19(22-13)20-12-21-25)23-4-6-24(7-5-23)17(26)11-15-18-14(2-8-27-15)3-9-28-18/h3,9-10,12,15H,2,4-8,11H2,1H3/t15-/m0/s1. The van der Waals surface area contributed by atoms with Gasteiger partial charge in [0.2, 0.25) is 5.91 Å². The Morgan fingerprint density at radius 1 is 1.32 bits per heavy atom. The highest BCUT2D eigenvalue weighted by Gasteiger charge is 2.29. The molecule has 28 heavy (non-hydrogen) atoms. The van der Waals surface area contributed by atoms with Gasteiger partial charge in [0, 0.05) is 42.8 Å². The smallest absolute Gasteiger partial charge is 0.254 e. The highest BCUT2D eigenvalue weighted by atomic mass is 32.1. The van der Waals surface area contributed by atoms with Crippen LogP contribution in [0.1, 0.15) is 28.7 Å². The van der Waals surface area contributed by atoms with Crippen LogP contribution in [0.5, 0.6) is 0 Å². The molecule has 3 aromatic rings. The Hall–Kier alpha value is -2.52. The average molecular weight is 398 g/mol. The molecule has 2 aliphatic rings. The molecule has 5 rings (SSSR count). The van der Waals surface area contributed by atoms with Crippen LogP contribution in [0, 0.1) is 6.92 Å². The molecule has 146 valence electrons. The number of ether oxygens (including phenoxy) is 1. The van der Waals surface area contributed by atoms with Crippen LogP contribution < -0.4 is 4.90 Å². The van der Waals surface area contributed by atoms with Crippen molar-refractivity contribution in [3.8, 4) is 0 Å². The predicted octanol–water partition coefficient (Wildman–Crippen LogP) is 1.85. The SMILES string of the molecule is Cc1cc(N2CCN(C(=O)C[C@@H]3OCCc4ccsc43)CC2)n2ncnc2n1. The first kappa shape index (κ1) is 17.6. The van der Waals surface area contributed by atoms with E-state index in [0.717, 1.165) is 31.0 Å². The van der Waals surface area contributed by atoms with Crippen LogP contribution >= 0.6 is 11.3 Å². The summed E-state index contributed by atoms with van der Waals surface area (Å²) in [4.78, 5) is 26.9. The van der Waals surface area contributed by atoms with Crippen molar-refractivity contribution in [2.24, 2.45) is 0 Å². The molecule has 1 atom stereocenters. The van der Waals surface area contributed by atoms with Gasteiger partial charge in [0.1, 0.15) is 18.2 Å². The van der Waals surface area contributed by atoms with Gasteiger partial charge in [-0.15, -0.1) is 11.3 Å². The van der Waals surface area contributed by atoms with Crippen LogP contribution in [0.25, 0.3) is 5.78 Å². The maximum Gasteiger partial charge on any atom is 0.254 e. The number of aryl methyl sites for hydroxylation is 1. The second-order valence-corrected chi connectivity index (χ2v) is 8.17. The summed E-state index contributed by atoms with van der Waals surface area (Å²) in [5.74, 6) is 1.75. The zero-order valence-corrected chi connectivity index (χ0v) is 16.6. The van der Waals surface area contributed by atoms with E-state index in [9.17, 15) is 4.79 Å². The van der Waals surface area contributed by atoms with Gasteiger partial charge >= 0.3 is 0 Å². The second kappa shape index (κ2) is 7.14. The molecule has 5 heterocycles. The van der Waals surface area contributed by atoms with Crippen LogP contribution in [0.15, 0.2) is 23.8 Å². The summed E-state index contributed by atoms with van der Waals surface area (Å²) >= 11 is 1.70. The molecule has 1 amide bonds. The summed E-state index contributed by atoms with van der Waals surface area (Å²) in [6.07, 6.45) is 2.81. The minimum atomic E-state index is -0.0908. The number of piperazine rings is 1. The van der Waals surface area contributed by atoms with Crippen molar-refractivity contribution in [2.75, 3.05) is 37.7 Å². The summed E-state index contributed by atoms with van der Waals surface area (Å²) in [6, 6.07) is 4.17. The minimum Gasteiger partial charge on any atom is -0.372 e. The van der Waals surface area contributed by atoms with Gasteiger partial charge in [-0.05, 0) is 30.4 Å². The van der Waals surface area contributed by atoms with E-state index < -0.39 is 0 Å². The van der Waals surface area contributed by atoms with Gasteiger partial charge < -0.3 is 14.5 Å². The zero-order valence-electron chi connectivity index (χ0n) is 15.7. The van der Waals surface area contributed by atoms with E-state index in [2.05, 4.69) is 31.4 Å². The van der Waals surface area contributed by atoms with E-state index in [-0.39, 0.29) is 12.0 Å². The van der Waals surface area contributed by atoms with Gasteiger partial charge in [0.15, 0.2) is 0 Å². The number of aromatic nitrogens is 4. The third-order valence-electron chi connectivity index (χ3n) is 5.44. The van der Waals surface area contributed by atoms with Crippen molar-refractivity contribution in [3.05, 3.63) is 40.0 Å². The molecule has 0 aromatic carbocycles. The molecule has 3 aromatic heterocycles. The number of anilines is 1. The molecule has 2 aliphatic heterocycles. The lowest BCUT2D eigenvalue weighted by molar-refractivity contribution is -0.134. The normalized spacial score (nSPS) is 19.8. The molecule has 0 unspecified atom stereocenters. The monoisotopic (exact) mass is 398 g/mol. The molecule has 0 spiro atoms. The molecular weight excluding hydrogens is 376 g/mol. The molecular formula is C19H22N6O2S. The van der Waals surface area contributed by atoms with Gasteiger partial charge in [-0.2, -0.15) is 14.6 Å². The average Bonchev–Trinajstić information content (AvgIpc) is 3.37. The summed E-state index contributed by atoms with van der Waals surface area (Å²) < 4.78 is 7.66. The van der Waals surface area contributed by atoms with Crippen molar-refractivity contribution < 1.29 is 9.53 Å². The molecule has 0 saturated carbocycles. The number of rotatable bonds is 3. The summed E-state index contributed by atoms with van der Waals surface area (Å²) in [7, 11) is 0. The third-order valence-corrected chi connectivity index (χ3v) is 6.49. The number of fused-ring (bicyclic) bond motifs is 2. The number of hydrogen-bond donors (Lipinski definition) is 0. The van der Waals surface area contributed by atoms with Crippen LogP contribution in [-0.4, -0.2) is 63.2 Å². The lowest BCUT2D eigenvalue weighted by Gasteiger charge is -2.36. The maximum atomic E-state index is 12.9. The van der Waals surface area contributed by atoms with E-state index >= 15 is 0 Å². The first-order chi connectivity index (χ1) is 13.7. The van der Waals surface area contributed by atoms with Crippen LogP contribution in [-0.2, 0) is 16.0 Å².